The van der Waals surface area contributed by atoms with Crippen LogP contribution < -0.4 is 40.0 Å². The van der Waals surface area contributed by atoms with Crippen LogP contribution in [0.3, 0.4) is 0 Å². The van der Waals surface area contributed by atoms with Gasteiger partial charge in [0.25, 0.3) is 21.5 Å². The lowest BCUT2D eigenvalue weighted by atomic mass is 10.2. The van der Waals surface area contributed by atoms with Crippen LogP contribution in [0.4, 0.5) is 11.4 Å². The Kier molecular flexibility index (Phi) is 8.29. The van der Waals surface area contributed by atoms with Gasteiger partial charge in [-0.05, 0) is 42.5 Å². The van der Waals surface area contributed by atoms with E-state index in [1.165, 1.54) is 52.7 Å². The van der Waals surface area contributed by atoms with Gasteiger partial charge in [0.2, 0.25) is 0 Å². The Hall–Kier alpha value is -4.98. The standard InChI is InChI=1S/C26H27N5O8S/c1-36-16-5-9-23(38-3)21(11-16)27-14-25(32)29-31-15-28-20-8-7-18(13-19(20)26(31)33)40(34,35)30-22-12-17(37-2)6-10-24(22)39-4/h5-13,15,27,30H,14H2,1-4H3,(H,29,32). The number of anilines is 2. The second-order valence-corrected chi connectivity index (χ2v) is 9.91. The predicted molar refractivity (Wildman–Crippen MR) is 149 cm³/mol. The van der Waals surface area contributed by atoms with Crippen molar-refractivity contribution in [3.8, 4) is 23.0 Å². The zero-order valence-electron chi connectivity index (χ0n) is 22.0. The van der Waals surface area contributed by atoms with E-state index < -0.39 is 21.5 Å². The van der Waals surface area contributed by atoms with Crippen LogP contribution in [0, 0.1) is 0 Å². The molecule has 0 saturated heterocycles. The minimum atomic E-state index is -4.15. The second-order valence-electron chi connectivity index (χ2n) is 8.23. The predicted octanol–water partition coefficient (Wildman–Crippen LogP) is 2.41. The molecule has 0 aliphatic rings. The Morgan fingerprint density at radius 2 is 1.48 bits per heavy atom. The summed E-state index contributed by atoms with van der Waals surface area (Å²) in [6.07, 6.45) is 1.14. The van der Waals surface area contributed by atoms with Crippen LogP contribution in [-0.4, -0.2) is 59.0 Å². The Labute approximate surface area is 229 Å². The molecular formula is C26H27N5O8S. The smallest absolute Gasteiger partial charge is 0.280 e. The molecule has 0 aliphatic heterocycles. The van der Waals surface area contributed by atoms with Crippen LogP contribution in [-0.2, 0) is 14.8 Å². The summed E-state index contributed by atoms with van der Waals surface area (Å²) in [6, 6.07) is 13.6. The van der Waals surface area contributed by atoms with E-state index in [9.17, 15) is 18.0 Å². The molecule has 3 N–H and O–H groups in total. The van der Waals surface area contributed by atoms with E-state index in [4.69, 9.17) is 18.9 Å². The molecule has 0 radical (unpaired) electrons. The lowest BCUT2D eigenvalue weighted by Crippen LogP contribution is -2.36. The molecule has 0 unspecified atom stereocenters. The van der Waals surface area contributed by atoms with Crippen LogP contribution >= 0.6 is 0 Å². The Morgan fingerprint density at radius 3 is 2.10 bits per heavy atom. The second kappa shape index (κ2) is 11.8. The van der Waals surface area contributed by atoms with E-state index in [2.05, 4.69) is 20.4 Å². The van der Waals surface area contributed by atoms with Crippen LogP contribution in [0.1, 0.15) is 0 Å². The lowest BCUT2D eigenvalue weighted by Gasteiger charge is -2.14. The highest BCUT2D eigenvalue weighted by atomic mass is 32.2. The Bertz CT molecular complexity index is 1720. The number of amides is 1. The van der Waals surface area contributed by atoms with Crippen LogP contribution in [0.25, 0.3) is 10.9 Å². The number of rotatable bonds is 11. The molecule has 3 aromatic carbocycles. The molecule has 4 rings (SSSR count). The topological polar surface area (TPSA) is 159 Å². The molecule has 40 heavy (non-hydrogen) atoms. The van der Waals surface area contributed by atoms with E-state index in [-0.39, 0.29) is 33.8 Å². The number of carbonyl (C=O) groups excluding carboxylic acids is 1. The fraction of sp³-hybridized carbons (Fsp3) is 0.192. The van der Waals surface area contributed by atoms with Crippen LogP contribution in [0.5, 0.6) is 23.0 Å². The highest BCUT2D eigenvalue weighted by Gasteiger charge is 2.19. The summed E-state index contributed by atoms with van der Waals surface area (Å²) in [7, 11) is 1.71. The van der Waals surface area contributed by atoms with Crippen molar-refractivity contribution in [2.45, 2.75) is 4.90 Å². The molecule has 0 spiro atoms. The molecular weight excluding hydrogens is 542 g/mol. The van der Waals surface area contributed by atoms with Crippen molar-refractivity contribution in [1.82, 2.24) is 9.66 Å². The van der Waals surface area contributed by atoms with Crippen LogP contribution in [0.15, 0.2) is 70.6 Å². The first-order chi connectivity index (χ1) is 19.2. The monoisotopic (exact) mass is 569 g/mol. The van der Waals surface area contributed by atoms with E-state index in [0.29, 0.717) is 22.9 Å². The number of ether oxygens (including phenoxy) is 4. The molecule has 13 nitrogen and oxygen atoms in total. The summed E-state index contributed by atoms with van der Waals surface area (Å²) < 4.78 is 50.5. The molecule has 0 atom stereocenters. The van der Waals surface area contributed by atoms with Crippen molar-refractivity contribution in [3.63, 3.8) is 0 Å². The highest BCUT2D eigenvalue weighted by Crippen LogP contribution is 2.31. The van der Waals surface area contributed by atoms with Gasteiger partial charge in [-0.25, -0.2) is 18.1 Å². The number of hydrogen-bond donors (Lipinski definition) is 3. The molecule has 14 heteroatoms. The van der Waals surface area contributed by atoms with Gasteiger partial charge < -0.3 is 24.3 Å². The third-order valence-electron chi connectivity index (χ3n) is 5.78. The lowest BCUT2D eigenvalue weighted by molar-refractivity contribution is -0.115. The van der Waals surface area contributed by atoms with Gasteiger partial charge in [-0.1, -0.05) is 0 Å². The summed E-state index contributed by atoms with van der Waals surface area (Å²) in [4.78, 5) is 29.7. The fourth-order valence-electron chi connectivity index (χ4n) is 3.75. The van der Waals surface area contributed by atoms with Gasteiger partial charge in [-0.3, -0.25) is 19.7 Å². The number of sulfonamides is 1. The quantitative estimate of drug-likeness (QED) is 0.245. The molecule has 0 bridgehead atoms. The normalized spacial score (nSPS) is 11.0. The summed E-state index contributed by atoms with van der Waals surface area (Å²) >= 11 is 0. The molecule has 0 saturated carbocycles. The van der Waals surface area contributed by atoms with Gasteiger partial charge >= 0.3 is 0 Å². The van der Waals surface area contributed by atoms with Gasteiger partial charge in [-0.15, -0.1) is 0 Å². The molecule has 1 heterocycles. The van der Waals surface area contributed by atoms with Crippen molar-refractivity contribution >= 4 is 38.2 Å². The van der Waals surface area contributed by atoms with Gasteiger partial charge in [0, 0.05) is 12.1 Å². The van der Waals surface area contributed by atoms with Crippen molar-refractivity contribution in [1.29, 1.82) is 0 Å². The molecule has 4 aromatic rings. The first kappa shape index (κ1) is 28.0. The number of nitrogens with one attached hydrogen (secondary N) is 3. The largest absolute Gasteiger partial charge is 0.497 e. The third-order valence-corrected chi connectivity index (χ3v) is 7.15. The first-order valence-corrected chi connectivity index (χ1v) is 13.2. The molecule has 0 aliphatic carbocycles. The SMILES string of the molecule is COc1ccc(OC)c(NCC(=O)Nn2cnc3ccc(S(=O)(=O)Nc4cc(OC)ccc4OC)cc3c2=O)c1. The summed E-state index contributed by atoms with van der Waals surface area (Å²) in [5, 5.41) is 2.90. The maximum Gasteiger partial charge on any atom is 0.280 e. The van der Waals surface area contributed by atoms with Gasteiger partial charge in [-0.2, -0.15) is 0 Å². The van der Waals surface area contributed by atoms with E-state index >= 15 is 0 Å². The first-order valence-electron chi connectivity index (χ1n) is 11.7. The van der Waals surface area contributed by atoms with Gasteiger partial charge in [0.05, 0.1) is 62.2 Å². The molecule has 1 amide bonds. The summed E-state index contributed by atoms with van der Waals surface area (Å²) in [5.74, 6) is 1.18. The number of nitrogens with zero attached hydrogens (tertiary/aromatic N) is 2. The molecule has 0 fully saturated rings. The van der Waals surface area contributed by atoms with Gasteiger partial charge in [0.15, 0.2) is 0 Å². The van der Waals surface area contributed by atoms with Crippen molar-refractivity contribution in [3.05, 3.63) is 71.3 Å². The Balaban J connectivity index is 1.56. The average Bonchev–Trinajstić information content (AvgIpc) is 2.96. The van der Waals surface area contributed by atoms with E-state index in [0.717, 1.165) is 11.0 Å². The Morgan fingerprint density at radius 1 is 0.850 bits per heavy atom. The summed E-state index contributed by atoms with van der Waals surface area (Å²) in [6.45, 7) is -0.214. The maximum atomic E-state index is 13.2. The number of carbonyl (C=O) groups is 1. The highest BCUT2D eigenvalue weighted by molar-refractivity contribution is 7.92. The minimum absolute atomic E-state index is 0.0225. The number of aromatic nitrogens is 2. The number of fused-ring (bicyclic) bond motifs is 1. The zero-order valence-corrected chi connectivity index (χ0v) is 22.9. The minimum Gasteiger partial charge on any atom is -0.497 e. The van der Waals surface area contributed by atoms with Crippen molar-refractivity contribution < 1.29 is 32.2 Å². The molecule has 1 aromatic heterocycles. The van der Waals surface area contributed by atoms with E-state index in [1.807, 2.05) is 0 Å². The summed E-state index contributed by atoms with van der Waals surface area (Å²) in [5.41, 5.74) is 2.67. The van der Waals surface area contributed by atoms with Crippen molar-refractivity contribution in [2.24, 2.45) is 0 Å². The number of methoxy groups -OCH3 is 4. The fourth-order valence-corrected chi connectivity index (χ4v) is 4.83. The number of hydrogen-bond acceptors (Lipinski definition) is 10. The van der Waals surface area contributed by atoms with Crippen molar-refractivity contribution in [2.75, 3.05) is 50.4 Å². The van der Waals surface area contributed by atoms with Gasteiger partial charge in [0.1, 0.15) is 29.3 Å². The van der Waals surface area contributed by atoms with Crippen LogP contribution in [0.2, 0.25) is 0 Å². The third kappa shape index (κ3) is 6.02. The zero-order chi connectivity index (χ0) is 28.9. The number of benzene rings is 3. The molecule has 210 valence electrons. The van der Waals surface area contributed by atoms with E-state index in [1.54, 1.807) is 30.3 Å². The average molecular weight is 570 g/mol. The maximum absolute atomic E-state index is 13.2.